The van der Waals surface area contributed by atoms with Gasteiger partial charge in [-0.3, -0.25) is 0 Å². The molecule has 2 nitrogen and oxygen atoms in total. The van der Waals surface area contributed by atoms with Crippen molar-refractivity contribution in [2.45, 2.75) is 38.5 Å². The number of hydrogen-bond acceptors (Lipinski definition) is 1. The van der Waals surface area contributed by atoms with E-state index < -0.39 is 0 Å². The van der Waals surface area contributed by atoms with Gasteiger partial charge in [0.2, 0.25) is 5.69 Å². The molecule has 3 rings (SSSR count). The Morgan fingerprint density at radius 2 is 2.09 bits per heavy atom. The minimum absolute atomic E-state index is 0.0173. The summed E-state index contributed by atoms with van der Waals surface area (Å²) in [5.41, 5.74) is 4.06. The third-order valence-corrected chi connectivity index (χ3v) is 5.19. The van der Waals surface area contributed by atoms with E-state index in [-0.39, 0.29) is 10.8 Å². The van der Waals surface area contributed by atoms with Crippen molar-refractivity contribution >= 4 is 28.8 Å². The fourth-order valence-electron chi connectivity index (χ4n) is 3.27. The number of rotatable bonds is 1. The molecule has 0 saturated heterocycles. The van der Waals surface area contributed by atoms with Gasteiger partial charge in [0, 0.05) is 17.2 Å². The molecule has 1 unspecified atom stereocenters. The second kappa shape index (κ2) is 5.75. The lowest BCUT2D eigenvalue weighted by Crippen LogP contribution is -2.32. The van der Waals surface area contributed by atoms with Gasteiger partial charge in [-0.15, -0.1) is 11.6 Å². The minimum atomic E-state index is -0.147. The Kier molecular flexibility index (Phi) is 4.09. The molecule has 0 amide bonds. The van der Waals surface area contributed by atoms with Crippen molar-refractivity contribution in [3.63, 3.8) is 0 Å². The molecule has 0 saturated carbocycles. The summed E-state index contributed by atoms with van der Waals surface area (Å²) in [7, 11) is 0. The molecule has 116 valence electrons. The normalized spacial score (nSPS) is 24.3. The molecule has 2 aliphatic carbocycles. The average molecular weight is 336 g/mol. The predicted molar refractivity (Wildman–Crippen MR) is 91.6 cm³/mol. The Hall–Kier alpha value is -1.25. The first-order valence-electron chi connectivity index (χ1n) is 7.52. The first-order valence-corrected chi connectivity index (χ1v) is 8.34. The highest BCUT2D eigenvalue weighted by molar-refractivity contribution is 6.37. The summed E-state index contributed by atoms with van der Waals surface area (Å²) in [6, 6.07) is 5.49. The predicted octanol–water partition coefficient (Wildman–Crippen LogP) is 4.95. The van der Waals surface area contributed by atoms with Crippen LogP contribution in [-0.2, 0) is 0 Å². The van der Waals surface area contributed by atoms with Crippen molar-refractivity contribution in [3.8, 4) is 0 Å². The molecule has 0 spiro atoms. The Morgan fingerprint density at radius 3 is 2.82 bits per heavy atom. The number of alkyl halides is 1. The molecular weight excluding hydrogens is 317 g/mol. The number of allylic oxidation sites excluding steroid dienone is 6. The summed E-state index contributed by atoms with van der Waals surface area (Å²) in [4.78, 5) is 0. The molecule has 1 heterocycles. The van der Waals surface area contributed by atoms with Gasteiger partial charge in [0.05, 0.1) is 11.0 Å². The molecule has 0 bridgehead atoms. The van der Waals surface area contributed by atoms with Gasteiger partial charge < -0.3 is 5.21 Å². The van der Waals surface area contributed by atoms with Gasteiger partial charge in [0.25, 0.3) is 0 Å². The molecule has 0 aliphatic heterocycles. The lowest BCUT2D eigenvalue weighted by molar-refractivity contribution is -0.608. The molecular formula is C18H19Cl2NO. The number of halogens is 2. The monoisotopic (exact) mass is 335 g/mol. The van der Waals surface area contributed by atoms with Gasteiger partial charge in [-0.1, -0.05) is 37.1 Å². The summed E-state index contributed by atoms with van der Waals surface area (Å²) in [6.45, 7) is 4.40. The van der Waals surface area contributed by atoms with Crippen LogP contribution in [0.25, 0.3) is 5.57 Å². The van der Waals surface area contributed by atoms with Gasteiger partial charge in [-0.05, 0) is 42.4 Å². The van der Waals surface area contributed by atoms with Crippen LogP contribution in [0.4, 0.5) is 0 Å². The van der Waals surface area contributed by atoms with Crippen molar-refractivity contribution in [2.24, 2.45) is 5.41 Å². The highest BCUT2D eigenvalue weighted by Gasteiger charge is 2.32. The number of pyridine rings is 1. The topological polar surface area (TPSA) is 26.9 Å². The zero-order valence-corrected chi connectivity index (χ0v) is 14.3. The lowest BCUT2D eigenvalue weighted by Gasteiger charge is -2.30. The second-order valence-electron chi connectivity index (χ2n) is 6.69. The largest absolute Gasteiger partial charge is 0.618 e. The van der Waals surface area contributed by atoms with E-state index in [4.69, 9.17) is 23.2 Å². The Morgan fingerprint density at radius 1 is 1.32 bits per heavy atom. The standard InChI is InChI=1S/C18H19Cl2NO/c1-18(2)10-12-6-7-15(19)16(20)9-13(12)14(11-18)17-5-3-4-8-21(17)22/h3-5,8-9,11,15H,6-7,10H2,1-2H3. The molecule has 22 heavy (non-hydrogen) atoms. The van der Waals surface area contributed by atoms with Gasteiger partial charge >= 0.3 is 0 Å². The zero-order chi connectivity index (χ0) is 15.9. The molecule has 1 aromatic rings. The van der Waals surface area contributed by atoms with Gasteiger partial charge in [-0.2, -0.15) is 4.73 Å². The fraction of sp³-hybridized carbons (Fsp3) is 0.389. The third kappa shape index (κ3) is 2.95. The van der Waals surface area contributed by atoms with Crippen LogP contribution in [0.3, 0.4) is 0 Å². The van der Waals surface area contributed by atoms with Crippen LogP contribution >= 0.6 is 23.2 Å². The first-order chi connectivity index (χ1) is 10.4. The molecule has 0 N–H and O–H groups in total. The van der Waals surface area contributed by atoms with Crippen LogP contribution in [-0.4, -0.2) is 5.38 Å². The molecule has 2 aliphatic rings. The van der Waals surface area contributed by atoms with Crippen LogP contribution < -0.4 is 4.73 Å². The van der Waals surface area contributed by atoms with Crippen molar-refractivity contribution in [1.29, 1.82) is 0 Å². The van der Waals surface area contributed by atoms with E-state index in [1.165, 1.54) is 11.8 Å². The van der Waals surface area contributed by atoms with Crippen LogP contribution in [0.2, 0.25) is 0 Å². The highest BCUT2D eigenvalue weighted by Crippen LogP contribution is 2.45. The zero-order valence-electron chi connectivity index (χ0n) is 12.8. The van der Waals surface area contributed by atoms with Crippen molar-refractivity contribution in [2.75, 3.05) is 0 Å². The van der Waals surface area contributed by atoms with E-state index in [0.29, 0.717) is 10.7 Å². The van der Waals surface area contributed by atoms with Crippen molar-refractivity contribution in [1.82, 2.24) is 0 Å². The summed E-state index contributed by atoms with van der Waals surface area (Å²) < 4.78 is 0.919. The van der Waals surface area contributed by atoms with Gasteiger partial charge in [-0.25, -0.2) is 0 Å². The van der Waals surface area contributed by atoms with Crippen LogP contribution in [0, 0.1) is 10.6 Å². The van der Waals surface area contributed by atoms with E-state index >= 15 is 0 Å². The number of hydrogen-bond donors (Lipinski definition) is 0. The molecule has 1 atom stereocenters. The Labute approximate surface area is 141 Å². The maximum Gasteiger partial charge on any atom is 0.224 e. The highest BCUT2D eigenvalue weighted by atomic mass is 35.5. The van der Waals surface area contributed by atoms with Gasteiger partial charge in [0.1, 0.15) is 0 Å². The molecule has 4 heteroatoms. The van der Waals surface area contributed by atoms with Crippen molar-refractivity contribution in [3.05, 3.63) is 63.6 Å². The summed E-state index contributed by atoms with van der Waals surface area (Å²) in [5, 5.41) is 12.7. The quantitative estimate of drug-likeness (QED) is 0.405. The number of aromatic nitrogens is 1. The summed E-state index contributed by atoms with van der Waals surface area (Å²) >= 11 is 12.7. The smallest absolute Gasteiger partial charge is 0.224 e. The minimum Gasteiger partial charge on any atom is -0.618 e. The van der Waals surface area contributed by atoms with Crippen molar-refractivity contribution < 1.29 is 4.73 Å². The van der Waals surface area contributed by atoms with Crippen LogP contribution in [0.15, 0.2) is 52.7 Å². The molecule has 0 fully saturated rings. The number of nitrogens with zero attached hydrogens (tertiary/aromatic N) is 1. The second-order valence-corrected chi connectivity index (χ2v) is 7.65. The third-order valence-electron chi connectivity index (χ3n) is 4.26. The first kappa shape index (κ1) is 15.6. The van der Waals surface area contributed by atoms with E-state index in [9.17, 15) is 5.21 Å². The molecule has 0 radical (unpaired) electrons. The van der Waals surface area contributed by atoms with Crippen LogP contribution in [0.1, 0.15) is 38.8 Å². The van der Waals surface area contributed by atoms with E-state index in [2.05, 4.69) is 19.9 Å². The van der Waals surface area contributed by atoms with Crippen LogP contribution in [0.5, 0.6) is 0 Å². The average Bonchev–Trinajstić information content (AvgIpc) is 2.59. The lowest BCUT2D eigenvalue weighted by atomic mass is 9.74. The van der Waals surface area contributed by atoms with E-state index in [0.717, 1.165) is 35.1 Å². The van der Waals surface area contributed by atoms with Gasteiger partial charge in [0.15, 0.2) is 6.20 Å². The SMILES string of the molecule is CC1(C)C=C(c2cccc[n+]2[O-])C2=C(CCC(Cl)C(Cl)=C2)C1. The summed E-state index contributed by atoms with van der Waals surface area (Å²) in [6.07, 6.45) is 8.40. The maximum atomic E-state index is 12.2. The molecule has 1 aromatic heterocycles. The molecule has 0 aromatic carbocycles. The van der Waals surface area contributed by atoms with E-state index in [1.54, 1.807) is 6.07 Å². The maximum absolute atomic E-state index is 12.2. The fourth-order valence-corrected chi connectivity index (χ4v) is 3.66. The Balaban J connectivity index is 2.18. The summed E-state index contributed by atoms with van der Waals surface area (Å²) in [5.74, 6) is 0. The Bertz CT molecular complexity index is 701. The van der Waals surface area contributed by atoms with E-state index in [1.807, 2.05) is 18.2 Å².